The second-order valence-corrected chi connectivity index (χ2v) is 2.73. The smallest absolute Gasteiger partial charge is 0.211 e. The molecular formula is C10H8N2O2. The molecule has 0 aliphatic rings. The maximum Gasteiger partial charge on any atom is 0.240 e. The van der Waals surface area contributed by atoms with Crippen molar-refractivity contribution >= 4 is 17.8 Å². The minimum Gasteiger partial charge on any atom is -0.211 e. The first-order valence-electron chi connectivity index (χ1n) is 3.99. The van der Waals surface area contributed by atoms with E-state index < -0.39 is 0 Å². The molecular weight excluding hydrogens is 180 g/mol. The molecule has 0 aromatic heterocycles. The van der Waals surface area contributed by atoms with Crippen LogP contribution in [-0.2, 0) is 16.1 Å². The molecule has 0 bridgehead atoms. The van der Waals surface area contributed by atoms with Crippen LogP contribution in [0.2, 0.25) is 0 Å². The first kappa shape index (κ1) is 10.1. The predicted molar refractivity (Wildman–Crippen MR) is 50.8 cm³/mol. The van der Waals surface area contributed by atoms with E-state index in [9.17, 15) is 9.59 Å². The molecule has 4 heteroatoms. The number of aryl methyl sites for hydroxylation is 1. The van der Waals surface area contributed by atoms with Crippen LogP contribution in [0.25, 0.3) is 0 Å². The Hall–Kier alpha value is -2.02. The molecule has 1 aromatic carbocycles. The molecule has 0 N–H and O–H groups in total. The Bertz CT molecular complexity index is 428. The van der Waals surface area contributed by atoms with E-state index in [4.69, 9.17) is 0 Å². The van der Waals surface area contributed by atoms with Gasteiger partial charge in [-0.05, 0) is 24.1 Å². The third-order valence-corrected chi connectivity index (χ3v) is 1.75. The first-order chi connectivity index (χ1) is 6.77. The Labute approximate surface area is 81.0 Å². The summed E-state index contributed by atoms with van der Waals surface area (Å²) in [5, 5.41) is 0. The van der Waals surface area contributed by atoms with Gasteiger partial charge in [-0.2, -0.15) is 4.99 Å². The van der Waals surface area contributed by atoms with Crippen LogP contribution in [0.3, 0.4) is 0 Å². The summed E-state index contributed by atoms with van der Waals surface area (Å²) in [6.45, 7) is 2.12. The fraction of sp³-hybridized carbons (Fsp3) is 0.200. The average molecular weight is 188 g/mol. The Kier molecular flexibility index (Phi) is 3.50. The Morgan fingerprint density at radius 3 is 2.64 bits per heavy atom. The number of carbonyl (C=O) groups excluding carboxylic acids is 2. The van der Waals surface area contributed by atoms with Crippen LogP contribution >= 0.6 is 0 Å². The van der Waals surface area contributed by atoms with E-state index in [2.05, 4.69) is 9.98 Å². The molecule has 0 atom stereocenters. The van der Waals surface area contributed by atoms with Crippen molar-refractivity contribution < 1.29 is 9.59 Å². The molecule has 0 unspecified atom stereocenters. The Balaban J connectivity index is 2.99. The van der Waals surface area contributed by atoms with Gasteiger partial charge in [0.1, 0.15) is 0 Å². The number of isocyanates is 2. The molecule has 0 aliphatic heterocycles. The summed E-state index contributed by atoms with van der Waals surface area (Å²) >= 11 is 0. The summed E-state index contributed by atoms with van der Waals surface area (Å²) in [7, 11) is 0. The Morgan fingerprint density at radius 2 is 2.07 bits per heavy atom. The summed E-state index contributed by atoms with van der Waals surface area (Å²) < 4.78 is 0. The molecule has 14 heavy (non-hydrogen) atoms. The van der Waals surface area contributed by atoms with Crippen LogP contribution in [0, 0.1) is 6.92 Å². The minimum absolute atomic E-state index is 0.301. The predicted octanol–water partition coefficient (Wildman–Crippen LogP) is 1.80. The molecule has 4 nitrogen and oxygen atoms in total. The normalized spacial score (nSPS) is 8.64. The van der Waals surface area contributed by atoms with Crippen LogP contribution in [0.5, 0.6) is 0 Å². The molecule has 0 saturated heterocycles. The SMILES string of the molecule is Cc1cc(CN=C=O)ccc1N=C=O. The van der Waals surface area contributed by atoms with Gasteiger partial charge in [0, 0.05) is 0 Å². The molecule has 0 amide bonds. The van der Waals surface area contributed by atoms with Crippen LogP contribution in [0.4, 0.5) is 5.69 Å². The van der Waals surface area contributed by atoms with Crippen molar-refractivity contribution in [3.8, 4) is 0 Å². The zero-order valence-electron chi connectivity index (χ0n) is 7.65. The molecule has 1 aromatic rings. The first-order valence-corrected chi connectivity index (χ1v) is 3.99. The number of hydrogen-bond acceptors (Lipinski definition) is 4. The molecule has 0 heterocycles. The second kappa shape index (κ2) is 4.87. The Morgan fingerprint density at radius 1 is 1.29 bits per heavy atom. The average Bonchev–Trinajstić information content (AvgIpc) is 2.19. The van der Waals surface area contributed by atoms with E-state index in [0.29, 0.717) is 12.2 Å². The maximum atomic E-state index is 10.0. The third kappa shape index (κ3) is 2.49. The second-order valence-electron chi connectivity index (χ2n) is 2.73. The van der Waals surface area contributed by atoms with Gasteiger partial charge in [0.2, 0.25) is 12.2 Å². The summed E-state index contributed by atoms with van der Waals surface area (Å²) in [4.78, 5) is 26.9. The summed E-state index contributed by atoms with van der Waals surface area (Å²) in [6, 6.07) is 5.26. The molecule has 1 rings (SSSR count). The van der Waals surface area contributed by atoms with Gasteiger partial charge in [0.15, 0.2) is 0 Å². The van der Waals surface area contributed by atoms with E-state index >= 15 is 0 Å². The third-order valence-electron chi connectivity index (χ3n) is 1.75. The van der Waals surface area contributed by atoms with Gasteiger partial charge in [-0.3, -0.25) is 0 Å². The zero-order valence-corrected chi connectivity index (χ0v) is 7.65. The van der Waals surface area contributed by atoms with Crippen molar-refractivity contribution in [1.29, 1.82) is 0 Å². The highest BCUT2D eigenvalue weighted by Gasteiger charge is 1.97. The van der Waals surface area contributed by atoms with E-state index in [1.54, 1.807) is 12.1 Å². The van der Waals surface area contributed by atoms with E-state index in [0.717, 1.165) is 11.1 Å². The molecule has 0 radical (unpaired) electrons. The fourth-order valence-corrected chi connectivity index (χ4v) is 1.11. The van der Waals surface area contributed by atoms with Crippen LogP contribution in [0.1, 0.15) is 11.1 Å². The molecule has 0 aliphatic carbocycles. The van der Waals surface area contributed by atoms with Crippen molar-refractivity contribution in [2.45, 2.75) is 13.5 Å². The van der Waals surface area contributed by atoms with E-state index in [-0.39, 0.29) is 0 Å². The number of nitrogens with zero attached hydrogens (tertiary/aromatic N) is 2. The van der Waals surface area contributed by atoms with E-state index in [1.165, 1.54) is 12.2 Å². The van der Waals surface area contributed by atoms with E-state index in [1.807, 2.05) is 13.0 Å². The topological polar surface area (TPSA) is 58.9 Å². The van der Waals surface area contributed by atoms with Crippen LogP contribution < -0.4 is 0 Å². The highest BCUT2D eigenvalue weighted by Crippen LogP contribution is 2.19. The van der Waals surface area contributed by atoms with Crippen molar-refractivity contribution in [1.82, 2.24) is 0 Å². The van der Waals surface area contributed by atoms with Gasteiger partial charge in [0.05, 0.1) is 12.2 Å². The standard InChI is InChI=1S/C10H8N2O2/c1-8-4-9(5-11-6-13)2-3-10(8)12-7-14/h2-4H,5H2,1H3. The molecule has 0 saturated carbocycles. The van der Waals surface area contributed by atoms with Gasteiger partial charge in [-0.1, -0.05) is 12.1 Å². The van der Waals surface area contributed by atoms with Gasteiger partial charge < -0.3 is 0 Å². The lowest BCUT2D eigenvalue weighted by Gasteiger charge is -2.00. The number of benzene rings is 1. The van der Waals surface area contributed by atoms with Gasteiger partial charge in [0.25, 0.3) is 0 Å². The lowest BCUT2D eigenvalue weighted by Crippen LogP contribution is -1.83. The monoisotopic (exact) mass is 188 g/mol. The van der Waals surface area contributed by atoms with Crippen molar-refractivity contribution in [2.75, 3.05) is 0 Å². The largest absolute Gasteiger partial charge is 0.240 e. The molecule has 0 spiro atoms. The highest BCUT2D eigenvalue weighted by atomic mass is 16.1. The lowest BCUT2D eigenvalue weighted by atomic mass is 10.1. The lowest BCUT2D eigenvalue weighted by molar-refractivity contribution is 0.562. The van der Waals surface area contributed by atoms with Crippen molar-refractivity contribution in [3.05, 3.63) is 29.3 Å². The summed E-state index contributed by atoms with van der Waals surface area (Å²) in [6.07, 6.45) is 2.94. The molecule has 0 fully saturated rings. The number of aliphatic imine (C=N–C) groups is 2. The summed E-state index contributed by atoms with van der Waals surface area (Å²) in [5.74, 6) is 0. The molecule has 70 valence electrons. The van der Waals surface area contributed by atoms with Crippen molar-refractivity contribution in [3.63, 3.8) is 0 Å². The zero-order chi connectivity index (χ0) is 10.4. The van der Waals surface area contributed by atoms with Crippen LogP contribution in [0.15, 0.2) is 28.2 Å². The van der Waals surface area contributed by atoms with Gasteiger partial charge >= 0.3 is 0 Å². The van der Waals surface area contributed by atoms with Gasteiger partial charge in [-0.25, -0.2) is 14.6 Å². The number of hydrogen-bond donors (Lipinski definition) is 0. The van der Waals surface area contributed by atoms with Crippen molar-refractivity contribution in [2.24, 2.45) is 9.98 Å². The van der Waals surface area contributed by atoms with Gasteiger partial charge in [-0.15, -0.1) is 0 Å². The minimum atomic E-state index is 0.301. The maximum absolute atomic E-state index is 10.0. The van der Waals surface area contributed by atoms with Crippen LogP contribution in [-0.4, -0.2) is 12.2 Å². The fourth-order valence-electron chi connectivity index (χ4n) is 1.11. The quantitative estimate of drug-likeness (QED) is 0.536. The summed E-state index contributed by atoms with van der Waals surface area (Å²) in [5.41, 5.74) is 2.32. The number of rotatable bonds is 3. The highest BCUT2D eigenvalue weighted by molar-refractivity contribution is 5.54.